The Morgan fingerprint density at radius 2 is 1.90 bits per heavy atom. The maximum Gasteiger partial charge on any atom is 0.248 e. The van der Waals surface area contributed by atoms with Gasteiger partial charge in [-0.1, -0.05) is 18.2 Å². The zero-order valence-electron chi connectivity index (χ0n) is 5.14. The van der Waals surface area contributed by atoms with E-state index in [4.69, 9.17) is 5.21 Å². The van der Waals surface area contributed by atoms with Crippen LogP contribution in [0.1, 0.15) is 0 Å². The fourth-order valence-electron chi connectivity index (χ4n) is 0.607. The van der Waals surface area contributed by atoms with Gasteiger partial charge in [0.25, 0.3) is 0 Å². The minimum atomic E-state index is 0.139. The molecule has 0 aliphatic carbocycles. The molecule has 0 aromatic heterocycles. The SMILES string of the molecule is [O-]/[N+](=N/O)c1ccccc1. The van der Waals surface area contributed by atoms with Crippen LogP contribution in [0.15, 0.2) is 35.6 Å². The summed E-state index contributed by atoms with van der Waals surface area (Å²) in [6, 6.07) is 8.24. The van der Waals surface area contributed by atoms with E-state index in [0.29, 0.717) is 5.69 Å². The number of rotatable bonds is 1. The number of benzene rings is 1. The highest BCUT2D eigenvalue weighted by Crippen LogP contribution is 2.08. The van der Waals surface area contributed by atoms with Crippen LogP contribution in [-0.4, -0.2) is 10.1 Å². The van der Waals surface area contributed by atoms with E-state index in [1.54, 1.807) is 30.3 Å². The van der Waals surface area contributed by atoms with Gasteiger partial charge in [0.15, 0.2) is 0 Å². The first kappa shape index (κ1) is 6.54. The van der Waals surface area contributed by atoms with Crippen molar-refractivity contribution in [2.75, 3.05) is 0 Å². The quantitative estimate of drug-likeness (QED) is 0.364. The van der Waals surface area contributed by atoms with Crippen molar-refractivity contribution in [1.82, 2.24) is 0 Å². The van der Waals surface area contributed by atoms with Gasteiger partial charge in [0.1, 0.15) is 0 Å². The highest BCUT2D eigenvalue weighted by atomic mass is 16.6. The van der Waals surface area contributed by atoms with Gasteiger partial charge in [-0.2, -0.15) is 0 Å². The summed E-state index contributed by atoms with van der Waals surface area (Å²) in [5, 5.41) is 21.0. The Balaban J connectivity index is 2.96. The molecule has 0 atom stereocenters. The first-order valence-corrected chi connectivity index (χ1v) is 2.72. The van der Waals surface area contributed by atoms with Crippen LogP contribution >= 0.6 is 0 Å². The largest absolute Gasteiger partial charge is 0.592 e. The lowest BCUT2D eigenvalue weighted by Gasteiger charge is -1.93. The van der Waals surface area contributed by atoms with Gasteiger partial charge in [0.2, 0.25) is 11.0 Å². The van der Waals surface area contributed by atoms with Crippen molar-refractivity contribution in [3.8, 4) is 0 Å². The lowest BCUT2D eigenvalue weighted by atomic mass is 10.3. The molecule has 4 heteroatoms. The van der Waals surface area contributed by atoms with E-state index in [9.17, 15) is 5.21 Å². The van der Waals surface area contributed by atoms with E-state index in [0.717, 1.165) is 0 Å². The molecule has 10 heavy (non-hydrogen) atoms. The number of nitrogens with zero attached hydrogens (tertiary/aromatic N) is 2. The average molecular weight is 138 g/mol. The molecule has 0 radical (unpaired) electrons. The number of para-hydroxylation sites is 1. The Kier molecular flexibility index (Phi) is 1.84. The van der Waals surface area contributed by atoms with Crippen LogP contribution in [0.4, 0.5) is 5.69 Å². The average Bonchev–Trinajstić information content (AvgIpc) is 2.05. The maximum atomic E-state index is 10.5. The zero-order valence-corrected chi connectivity index (χ0v) is 5.14. The highest BCUT2D eigenvalue weighted by Gasteiger charge is 1.98. The molecule has 52 valence electrons. The standard InChI is InChI=1S/C6H6N2O2/c9-7-8(10)6-4-2-1-3-5-6/h1-5,9H/b8-7+. The Morgan fingerprint density at radius 3 is 2.40 bits per heavy atom. The van der Waals surface area contributed by atoms with Crippen molar-refractivity contribution >= 4 is 5.69 Å². The molecule has 0 unspecified atom stereocenters. The third kappa shape index (κ3) is 1.22. The van der Waals surface area contributed by atoms with Gasteiger partial charge in [-0.25, -0.2) is 0 Å². The first-order valence-electron chi connectivity index (χ1n) is 2.72. The van der Waals surface area contributed by atoms with E-state index in [2.05, 4.69) is 5.28 Å². The van der Waals surface area contributed by atoms with Crippen LogP contribution in [0.3, 0.4) is 0 Å². The minimum Gasteiger partial charge on any atom is -0.592 e. The van der Waals surface area contributed by atoms with Gasteiger partial charge in [0, 0.05) is 12.1 Å². The Hall–Kier alpha value is -1.58. The summed E-state index contributed by atoms with van der Waals surface area (Å²) in [5.74, 6) is 0. The van der Waals surface area contributed by atoms with Gasteiger partial charge in [0.05, 0.1) is 0 Å². The van der Waals surface area contributed by atoms with Gasteiger partial charge >= 0.3 is 0 Å². The van der Waals surface area contributed by atoms with Crippen molar-refractivity contribution in [3.05, 3.63) is 35.5 Å². The minimum absolute atomic E-state index is 0.139. The predicted octanol–water partition coefficient (Wildman–Crippen LogP) is 1.67. The van der Waals surface area contributed by atoms with E-state index in [-0.39, 0.29) is 4.86 Å². The van der Waals surface area contributed by atoms with E-state index in [1.807, 2.05) is 0 Å². The second kappa shape index (κ2) is 2.82. The van der Waals surface area contributed by atoms with Crippen LogP contribution in [-0.2, 0) is 0 Å². The molecule has 1 N–H and O–H groups in total. The molecular weight excluding hydrogens is 132 g/mol. The second-order valence-corrected chi connectivity index (χ2v) is 1.70. The molecular formula is C6H6N2O2. The summed E-state index contributed by atoms with van der Waals surface area (Å²) < 4.78 is 0. The molecule has 0 amide bonds. The molecule has 0 aliphatic rings. The van der Waals surface area contributed by atoms with Crippen LogP contribution in [0, 0.1) is 5.21 Å². The third-order valence-electron chi connectivity index (χ3n) is 1.06. The molecule has 0 heterocycles. The molecule has 0 spiro atoms. The second-order valence-electron chi connectivity index (χ2n) is 1.70. The van der Waals surface area contributed by atoms with Gasteiger partial charge < -0.3 is 10.4 Å². The fourth-order valence-corrected chi connectivity index (χ4v) is 0.607. The summed E-state index contributed by atoms with van der Waals surface area (Å²) >= 11 is 0. The Labute approximate surface area is 57.6 Å². The Morgan fingerprint density at radius 1 is 1.30 bits per heavy atom. The van der Waals surface area contributed by atoms with E-state index >= 15 is 0 Å². The van der Waals surface area contributed by atoms with Crippen molar-refractivity contribution in [3.63, 3.8) is 0 Å². The van der Waals surface area contributed by atoms with Crippen molar-refractivity contribution in [1.29, 1.82) is 0 Å². The molecule has 0 aliphatic heterocycles. The normalized spacial score (nSPS) is 11.4. The topological polar surface area (TPSA) is 58.7 Å². The Bertz CT molecular complexity index is 233. The fraction of sp³-hybridized carbons (Fsp3) is 0. The summed E-state index contributed by atoms with van der Waals surface area (Å²) in [6.07, 6.45) is 0. The summed E-state index contributed by atoms with van der Waals surface area (Å²) in [5.41, 5.74) is 0.310. The number of hydrogen-bond donors (Lipinski definition) is 1. The highest BCUT2D eigenvalue weighted by molar-refractivity contribution is 5.27. The molecule has 0 fully saturated rings. The predicted molar refractivity (Wildman–Crippen MR) is 33.9 cm³/mol. The summed E-state index contributed by atoms with van der Waals surface area (Å²) in [4.78, 5) is 0.139. The van der Waals surface area contributed by atoms with Crippen LogP contribution in [0.2, 0.25) is 0 Å². The van der Waals surface area contributed by atoms with Crippen molar-refractivity contribution in [2.24, 2.45) is 5.28 Å². The number of hydrogen-bond acceptors (Lipinski definition) is 2. The molecule has 1 rings (SSSR count). The van der Waals surface area contributed by atoms with E-state index < -0.39 is 0 Å². The summed E-state index contributed by atoms with van der Waals surface area (Å²) in [6.45, 7) is 0. The van der Waals surface area contributed by atoms with E-state index in [1.165, 1.54) is 0 Å². The van der Waals surface area contributed by atoms with Crippen LogP contribution in [0.25, 0.3) is 0 Å². The van der Waals surface area contributed by atoms with Gasteiger partial charge in [-0.05, 0) is 4.86 Å². The molecule has 0 saturated heterocycles. The lowest BCUT2D eigenvalue weighted by molar-refractivity contribution is -0.473. The van der Waals surface area contributed by atoms with Crippen LogP contribution in [0.5, 0.6) is 0 Å². The molecule has 0 bridgehead atoms. The smallest absolute Gasteiger partial charge is 0.248 e. The third-order valence-corrected chi connectivity index (χ3v) is 1.06. The van der Waals surface area contributed by atoms with Crippen molar-refractivity contribution < 1.29 is 10.1 Å². The molecule has 4 nitrogen and oxygen atoms in total. The molecule has 1 aromatic carbocycles. The monoisotopic (exact) mass is 138 g/mol. The summed E-state index contributed by atoms with van der Waals surface area (Å²) in [7, 11) is 0. The first-order chi connectivity index (χ1) is 4.84. The lowest BCUT2D eigenvalue weighted by Crippen LogP contribution is -1.88. The van der Waals surface area contributed by atoms with Crippen LogP contribution < -0.4 is 0 Å². The van der Waals surface area contributed by atoms with Gasteiger partial charge in [-0.3, -0.25) is 0 Å². The maximum absolute atomic E-state index is 10.5. The zero-order chi connectivity index (χ0) is 7.40. The van der Waals surface area contributed by atoms with Gasteiger partial charge in [-0.15, -0.1) is 0 Å². The van der Waals surface area contributed by atoms with Crippen molar-refractivity contribution in [2.45, 2.75) is 0 Å². The molecule has 1 aromatic rings. The molecule has 0 saturated carbocycles.